The molecular formula is C17H27N2O2+. The number of hydrogen-bond acceptors (Lipinski definition) is 2. The third kappa shape index (κ3) is 3.14. The van der Waals surface area contributed by atoms with Gasteiger partial charge in [-0.15, -0.1) is 4.68 Å². The van der Waals surface area contributed by atoms with Crippen molar-refractivity contribution in [2.24, 2.45) is 5.92 Å². The van der Waals surface area contributed by atoms with E-state index in [1.165, 1.54) is 56.2 Å². The largest absolute Gasteiger partial charge is 0.461 e. The second-order valence-electron chi connectivity index (χ2n) is 6.45. The Bertz CT molecular complexity index is 501. The van der Waals surface area contributed by atoms with Crippen LogP contribution in [-0.4, -0.2) is 17.7 Å². The SMILES string of the molecule is CCOC(=O)c1[nH][n+](CC2CCCCC2)c2c1CCCC2. The van der Waals surface area contributed by atoms with Gasteiger partial charge in [0.1, 0.15) is 0 Å². The van der Waals surface area contributed by atoms with E-state index in [-0.39, 0.29) is 5.97 Å². The molecule has 0 unspecified atom stereocenters. The molecule has 1 N–H and O–H groups in total. The fourth-order valence-electron chi connectivity index (χ4n) is 3.88. The highest BCUT2D eigenvalue weighted by Crippen LogP contribution is 2.26. The van der Waals surface area contributed by atoms with Crippen molar-refractivity contribution in [1.29, 1.82) is 0 Å². The number of aromatic amines is 1. The number of nitrogens with zero attached hydrogens (tertiary/aromatic N) is 1. The fourth-order valence-corrected chi connectivity index (χ4v) is 3.88. The van der Waals surface area contributed by atoms with Crippen molar-refractivity contribution in [3.63, 3.8) is 0 Å². The van der Waals surface area contributed by atoms with E-state index in [1.54, 1.807) is 0 Å². The number of H-pyrrole nitrogens is 1. The molecular weight excluding hydrogens is 264 g/mol. The number of fused-ring (bicyclic) bond motifs is 1. The summed E-state index contributed by atoms with van der Waals surface area (Å²) in [5.41, 5.74) is 3.28. The molecule has 0 aliphatic heterocycles. The zero-order chi connectivity index (χ0) is 14.7. The van der Waals surface area contributed by atoms with Gasteiger partial charge in [-0.1, -0.05) is 19.3 Å². The fraction of sp³-hybridized carbons (Fsp3) is 0.765. The van der Waals surface area contributed by atoms with Crippen LogP contribution in [0.5, 0.6) is 0 Å². The van der Waals surface area contributed by atoms with Crippen molar-refractivity contribution >= 4 is 5.97 Å². The molecule has 0 spiro atoms. The van der Waals surface area contributed by atoms with E-state index in [0.29, 0.717) is 12.3 Å². The third-order valence-electron chi connectivity index (χ3n) is 4.96. The average molecular weight is 291 g/mol. The zero-order valence-corrected chi connectivity index (χ0v) is 13.1. The minimum Gasteiger partial charge on any atom is -0.461 e. The van der Waals surface area contributed by atoms with Gasteiger partial charge < -0.3 is 4.74 Å². The van der Waals surface area contributed by atoms with E-state index in [9.17, 15) is 4.79 Å². The van der Waals surface area contributed by atoms with Gasteiger partial charge in [-0.25, -0.2) is 4.79 Å². The lowest BCUT2D eigenvalue weighted by Crippen LogP contribution is -2.44. The Labute approximate surface area is 126 Å². The first-order valence-electron chi connectivity index (χ1n) is 8.60. The number of rotatable bonds is 4. The smallest absolute Gasteiger partial charge is 0.360 e. The Kier molecular flexibility index (Phi) is 4.61. The highest BCUT2D eigenvalue weighted by molar-refractivity contribution is 5.88. The van der Waals surface area contributed by atoms with E-state index in [1.807, 2.05) is 6.92 Å². The second-order valence-corrected chi connectivity index (χ2v) is 6.45. The van der Waals surface area contributed by atoms with Crippen LogP contribution in [0.4, 0.5) is 0 Å². The number of esters is 1. The van der Waals surface area contributed by atoms with Gasteiger partial charge in [-0.3, -0.25) is 0 Å². The Morgan fingerprint density at radius 2 is 1.95 bits per heavy atom. The van der Waals surface area contributed by atoms with E-state index >= 15 is 0 Å². The van der Waals surface area contributed by atoms with Gasteiger partial charge in [-0.05, 0) is 39.0 Å². The highest BCUT2D eigenvalue weighted by atomic mass is 16.5. The lowest BCUT2D eigenvalue weighted by Gasteiger charge is -2.18. The molecule has 1 aromatic heterocycles. The van der Waals surface area contributed by atoms with Gasteiger partial charge >= 0.3 is 5.97 Å². The predicted molar refractivity (Wildman–Crippen MR) is 80.2 cm³/mol. The maximum Gasteiger partial charge on any atom is 0.360 e. The summed E-state index contributed by atoms with van der Waals surface area (Å²) in [7, 11) is 0. The van der Waals surface area contributed by atoms with E-state index in [4.69, 9.17) is 4.74 Å². The monoisotopic (exact) mass is 291 g/mol. The molecule has 1 aromatic rings. The van der Waals surface area contributed by atoms with Crippen LogP contribution >= 0.6 is 0 Å². The first kappa shape index (κ1) is 14.6. The molecule has 4 heteroatoms. The molecule has 1 heterocycles. The first-order chi connectivity index (χ1) is 10.3. The molecule has 1 fully saturated rings. The molecule has 2 aliphatic rings. The van der Waals surface area contributed by atoms with E-state index in [2.05, 4.69) is 9.78 Å². The van der Waals surface area contributed by atoms with E-state index < -0.39 is 0 Å². The molecule has 1 saturated carbocycles. The van der Waals surface area contributed by atoms with Crippen molar-refractivity contribution in [2.45, 2.75) is 71.3 Å². The van der Waals surface area contributed by atoms with Crippen molar-refractivity contribution in [2.75, 3.05) is 6.61 Å². The summed E-state index contributed by atoms with van der Waals surface area (Å²) in [5.74, 6) is 0.585. The summed E-state index contributed by atoms with van der Waals surface area (Å²) in [5, 5.41) is 3.37. The molecule has 3 rings (SSSR count). The summed E-state index contributed by atoms with van der Waals surface area (Å²) in [6.45, 7) is 3.35. The lowest BCUT2D eigenvalue weighted by atomic mass is 9.89. The van der Waals surface area contributed by atoms with Gasteiger partial charge in [0.25, 0.3) is 0 Å². The summed E-state index contributed by atoms with van der Waals surface area (Å²) in [6.07, 6.45) is 11.3. The molecule has 21 heavy (non-hydrogen) atoms. The van der Waals surface area contributed by atoms with Gasteiger partial charge in [0.05, 0.1) is 12.2 Å². The van der Waals surface area contributed by atoms with Crippen molar-refractivity contribution in [1.82, 2.24) is 5.10 Å². The Morgan fingerprint density at radius 1 is 1.19 bits per heavy atom. The minimum atomic E-state index is -0.182. The number of aromatic nitrogens is 2. The summed E-state index contributed by atoms with van der Waals surface area (Å²) >= 11 is 0. The van der Waals surface area contributed by atoms with Gasteiger partial charge in [-0.2, -0.15) is 5.10 Å². The van der Waals surface area contributed by atoms with Gasteiger partial charge in [0.2, 0.25) is 5.69 Å². The van der Waals surface area contributed by atoms with Crippen LogP contribution in [0.15, 0.2) is 0 Å². The number of carbonyl (C=O) groups is 1. The predicted octanol–water partition coefficient (Wildman–Crippen LogP) is 2.94. The topological polar surface area (TPSA) is 46.0 Å². The Morgan fingerprint density at radius 3 is 2.71 bits per heavy atom. The standard InChI is InChI=1S/C17H26N2O2/c1-2-21-17(20)16-14-10-6-7-11-15(14)19(18-16)12-13-8-4-3-5-9-13/h13H,2-12H2,1H3/p+1. The number of carbonyl (C=O) groups excluding carboxylic acids is 1. The van der Waals surface area contributed by atoms with Crippen LogP contribution in [0.3, 0.4) is 0 Å². The highest BCUT2D eigenvalue weighted by Gasteiger charge is 2.32. The van der Waals surface area contributed by atoms with E-state index in [0.717, 1.165) is 25.3 Å². The quantitative estimate of drug-likeness (QED) is 0.685. The molecule has 0 atom stereocenters. The van der Waals surface area contributed by atoms with Crippen molar-refractivity contribution < 1.29 is 14.2 Å². The van der Waals surface area contributed by atoms with Gasteiger partial charge in [0, 0.05) is 12.3 Å². The maximum atomic E-state index is 12.2. The molecule has 0 bridgehead atoms. The molecule has 0 radical (unpaired) electrons. The summed E-state index contributed by atoms with van der Waals surface area (Å²) in [4.78, 5) is 12.2. The molecule has 0 aromatic carbocycles. The first-order valence-corrected chi connectivity index (χ1v) is 8.60. The maximum absolute atomic E-state index is 12.2. The normalized spacial score (nSPS) is 19.3. The van der Waals surface area contributed by atoms with Crippen LogP contribution in [0.25, 0.3) is 0 Å². The molecule has 2 aliphatic carbocycles. The van der Waals surface area contributed by atoms with Crippen LogP contribution in [0, 0.1) is 5.92 Å². The zero-order valence-electron chi connectivity index (χ0n) is 13.1. The van der Waals surface area contributed by atoms with Gasteiger partial charge in [0.15, 0.2) is 12.2 Å². The number of nitrogens with one attached hydrogen (secondary N) is 1. The van der Waals surface area contributed by atoms with Crippen LogP contribution in [0.1, 0.15) is 73.6 Å². The molecule has 0 saturated heterocycles. The minimum absolute atomic E-state index is 0.182. The summed E-state index contributed by atoms with van der Waals surface area (Å²) in [6, 6.07) is 0. The Hall–Kier alpha value is -1.32. The molecule has 4 nitrogen and oxygen atoms in total. The van der Waals surface area contributed by atoms with Crippen LogP contribution in [0.2, 0.25) is 0 Å². The van der Waals surface area contributed by atoms with Crippen molar-refractivity contribution in [3.8, 4) is 0 Å². The number of hydrogen-bond donors (Lipinski definition) is 1. The molecule has 116 valence electrons. The molecule has 0 amide bonds. The van der Waals surface area contributed by atoms with Crippen LogP contribution in [-0.2, 0) is 24.1 Å². The third-order valence-corrected chi connectivity index (χ3v) is 4.96. The number of ether oxygens (including phenoxy) is 1. The van der Waals surface area contributed by atoms with Crippen LogP contribution < -0.4 is 4.68 Å². The Balaban J connectivity index is 1.83. The van der Waals surface area contributed by atoms with Crippen molar-refractivity contribution in [3.05, 3.63) is 17.0 Å². The summed E-state index contributed by atoms with van der Waals surface area (Å²) < 4.78 is 7.47. The average Bonchev–Trinajstić information content (AvgIpc) is 2.88. The second kappa shape index (κ2) is 6.63. The lowest BCUT2D eigenvalue weighted by molar-refractivity contribution is -0.762.